The second kappa shape index (κ2) is 7.55. The number of halogens is 3. The molecule has 1 aliphatic heterocycles. The van der Waals surface area contributed by atoms with Crippen LogP contribution in [-0.4, -0.2) is 15.5 Å². The first kappa shape index (κ1) is 18.9. The molecule has 0 aromatic heterocycles. The summed E-state index contributed by atoms with van der Waals surface area (Å²) in [6.45, 7) is 0. The van der Waals surface area contributed by atoms with Crippen LogP contribution in [0.1, 0.15) is 5.56 Å². The minimum absolute atomic E-state index is 0.436. The fraction of sp³-hybridized carbons (Fsp3) is 0.0952. The molecule has 0 fully saturated rings. The molecule has 28 heavy (non-hydrogen) atoms. The lowest BCUT2D eigenvalue weighted by Gasteiger charge is -2.30. The first-order chi connectivity index (χ1) is 13.5. The van der Waals surface area contributed by atoms with Gasteiger partial charge in [0, 0.05) is 11.3 Å². The van der Waals surface area contributed by atoms with Gasteiger partial charge in [-0.05, 0) is 24.3 Å². The minimum atomic E-state index is -2.00. The van der Waals surface area contributed by atoms with Crippen molar-refractivity contribution in [2.45, 2.75) is 9.70 Å². The number of nitrogens with one attached hydrogen (secondary N) is 1. The molecule has 1 heterocycles. The van der Waals surface area contributed by atoms with Crippen molar-refractivity contribution in [3.63, 3.8) is 0 Å². The summed E-state index contributed by atoms with van der Waals surface area (Å²) in [6, 6.07) is 26.1. The number of para-hydroxylation sites is 3. The summed E-state index contributed by atoms with van der Waals surface area (Å²) >= 11 is 18.8. The number of ether oxygens (including phenoxy) is 2. The van der Waals surface area contributed by atoms with Crippen molar-refractivity contribution in [3.05, 3.63) is 90.5 Å². The van der Waals surface area contributed by atoms with E-state index in [0.29, 0.717) is 17.3 Å². The van der Waals surface area contributed by atoms with Crippen LogP contribution in [0.3, 0.4) is 0 Å². The molecule has 0 radical (unpaired) electrons. The van der Waals surface area contributed by atoms with Gasteiger partial charge in [0.05, 0.1) is 0 Å². The summed E-state index contributed by atoms with van der Waals surface area (Å²) in [5.74, 6) is -0.547. The highest BCUT2D eigenvalue weighted by atomic mass is 35.6. The molecule has 0 saturated carbocycles. The first-order valence-corrected chi connectivity index (χ1v) is 9.61. The largest absolute Gasteiger partial charge is 0.427 e. The summed E-state index contributed by atoms with van der Waals surface area (Å²) in [5.41, 5.74) is 1.60. The van der Waals surface area contributed by atoms with Crippen molar-refractivity contribution in [2.24, 2.45) is 4.99 Å². The second-order valence-electron chi connectivity index (χ2n) is 6.05. The molecule has 1 aliphatic rings. The standard InChI is InChI=1S/C21H15Cl3N2O2/c22-20(23,24)21(27-17-13-7-8-14-18(17)28-21)26-19(15-9-3-1-4-10-15)25-16-11-5-2-6-12-16/h1-14H,(H,25,26). The van der Waals surface area contributed by atoms with Gasteiger partial charge in [0.2, 0.25) is 0 Å². The van der Waals surface area contributed by atoms with Crippen molar-refractivity contribution in [1.82, 2.24) is 0 Å². The Morgan fingerprint density at radius 3 is 1.79 bits per heavy atom. The van der Waals surface area contributed by atoms with E-state index < -0.39 is 9.70 Å². The highest BCUT2D eigenvalue weighted by Crippen LogP contribution is 2.50. The molecule has 4 nitrogen and oxygen atoms in total. The number of anilines is 1. The fourth-order valence-corrected chi connectivity index (χ4v) is 3.09. The highest BCUT2D eigenvalue weighted by molar-refractivity contribution is 6.68. The predicted molar refractivity (Wildman–Crippen MR) is 114 cm³/mol. The van der Waals surface area contributed by atoms with Crippen molar-refractivity contribution < 1.29 is 9.47 Å². The normalized spacial score (nSPS) is 15.3. The highest BCUT2D eigenvalue weighted by Gasteiger charge is 2.59. The molecule has 3 aromatic rings. The summed E-state index contributed by atoms with van der Waals surface area (Å²) in [5, 5.41) is 3.26. The van der Waals surface area contributed by atoms with E-state index in [1.54, 1.807) is 24.3 Å². The number of alkyl halides is 3. The van der Waals surface area contributed by atoms with Crippen molar-refractivity contribution in [1.29, 1.82) is 0 Å². The lowest BCUT2D eigenvalue weighted by atomic mass is 10.2. The van der Waals surface area contributed by atoms with Gasteiger partial charge in [-0.25, -0.2) is 0 Å². The summed E-state index contributed by atoms with van der Waals surface area (Å²) < 4.78 is 9.81. The van der Waals surface area contributed by atoms with E-state index in [0.717, 1.165) is 11.3 Å². The second-order valence-corrected chi connectivity index (χ2v) is 8.33. The van der Waals surface area contributed by atoms with E-state index in [1.165, 1.54) is 0 Å². The lowest BCUT2D eigenvalue weighted by molar-refractivity contribution is -0.0666. The molecule has 0 aliphatic carbocycles. The van der Waals surface area contributed by atoms with Crippen molar-refractivity contribution in [2.75, 3.05) is 5.32 Å². The molecular weight excluding hydrogens is 419 g/mol. The number of hydrogen-bond donors (Lipinski definition) is 1. The van der Waals surface area contributed by atoms with Crippen LogP contribution in [0.2, 0.25) is 0 Å². The molecule has 0 unspecified atom stereocenters. The Bertz CT molecular complexity index is 964. The molecule has 4 rings (SSSR count). The van der Waals surface area contributed by atoms with E-state index >= 15 is 0 Å². The van der Waals surface area contributed by atoms with Crippen LogP contribution in [0.25, 0.3) is 0 Å². The van der Waals surface area contributed by atoms with Gasteiger partial charge >= 0.3 is 5.91 Å². The Balaban J connectivity index is 1.81. The summed E-state index contributed by atoms with van der Waals surface area (Å²) in [4.78, 5) is 4.62. The van der Waals surface area contributed by atoms with Crippen LogP contribution in [0.4, 0.5) is 5.69 Å². The quantitative estimate of drug-likeness (QED) is 0.311. The van der Waals surface area contributed by atoms with E-state index in [2.05, 4.69) is 10.3 Å². The fourth-order valence-electron chi connectivity index (χ4n) is 2.73. The number of benzene rings is 3. The first-order valence-electron chi connectivity index (χ1n) is 8.48. The maximum Gasteiger partial charge on any atom is 0.408 e. The molecule has 0 saturated heterocycles. The third-order valence-electron chi connectivity index (χ3n) is 4.05. The zero-order valence-corrected chi connectivity index (χ0v) is 16.7. The van der Waals surface area contributed by atoms with E-state index in [-0.39, 0.29) is 0 Å². The number of hydrogen-bond acceptors (Lipinski definition) is 3. The molecule has 142 valence electrons. The molecule has 0 spiro atoms. The summed E-state index contributed by atoms with van der Waals surface area (Å²) in [6.07, 6.45) is 0. The van der Waals surface area contributed by atoms with Crippen LogP contribution >= 0.6 is 34.8 Å². The molecule has 3 aromatic carbocycles. The minimum Gasteiger partial charge on any atom is -0.427 e. The SMILES string of the molecule is ClC(Cl)(Cl)C1(N=C(Nc2ccccc2)c2ccccc2)Oc2ccccc2O1. The predicted octanol–water partition coefficient (Wildman–Crippen LogP) is 6.04. The topological polar surface area (TPSA) is 42.9 Å². The van der Waals surface area contributed by atoms with Gasteiger partial charge in [0.1, 0.15) is 5.84 Å². The third kappa shape index (κ3) is 3.76. The molecule has 0 amide bonds. The maximum absolute atomic E-state index is 6.27. The smallest absolute Gasteiger partial charge is 0.408 e. The van der Waals surface area contributed by atoms with Gasteiger partial charge in [0.15, 0.2) is 11.5 Å². The zero-order valence-electron chi connectivity index (χ0n) is 14.5. The third-order valence-corrected chi connectivity index (χ3v) is 4.76. The number of rotatable bonds is 3. The van der Waals surface area contributed by atoms with Gasteiger partial charge in [-0.2, -0.15) is 4.99 Å². The van der Waals surface area contributed by atoms with Crippen molar-refractivity contribution in [3.8, 4) is 11.5 Å². The van der Waals surface area contributed by atoms with Gasteiger partial charge in [-0.15, -0.1) is 0 Å². The van der Waals surface area contributed by atoms with E-state index in [4.69, 9.17) is 44.3 Å². The Kier molecular flexibility index (Phi) is 5.11. The van der Waals surface area contributed by atoms with Crippen LogP contribution in [-0.2, 0) is 0 Å². The molecule has 0 atom stereocenters. The van der Waals surface area contributed by atoms with Gasteiger partial charge < -0.3 is 14.8 Å². The van der Waals surface area contributed by atoms with Gasteiger partial charge in [-0.3, -0.25) is 0 Å². The van der Waals surface area contributed by atoms with Crippen LogP contribution in [0.15, 0.2) is 89.9 Å². The average molecular weight is 434 g/mol. The van der Waals surface area contributed by atoms with Crippen LogP contribution in [0.5, 0.6) is 11.5 Å². The number of aliphatic imine (C=N–C) groups is 1. The Morgan fingerprint density at radius 1 is 0.750 bits per heavy atom. The van der Waals surface area contributed by atoms with Crippen LogP contribution < -0.4 is 14.8 Å². The van der Waals surface area contributed by atoms with Gasteiger partial charge in [0.25, 0.3) is 3.79 Å². The molecule has 0 bridgehead atoms. The summed E-state index contributed by atoms with van der Waals surface area (Å²) in [7, 11) is 0. The van der Waals surface area contributed by atoms with Crippen molar-refractivity contribution >= 4 is 46.3 Å². The zero-order chi connectivity index (χ0) is 19.6. The number of nitrogens with zero attached hydrogens (tertiary/aromatic N) is 1. The number of amidine groups is 1. The Hall–Kier alpha value is -2.40. The van der Waals surface area contributed by atoms with E-state index in [1.807, 2.05) is 60.7 Å². The average Bonchev–Trinajstić information content (AvgIpc) is 3.08. The maximum atomic E-state index is 6.27. The molecular formula is C21H15Cl3N2O2. The monoisotopic (exact) mass is 432 g/mol. The Labute approximate surface area is 177 Å². The van der Waals surface area contributed by atoms with E-state index in [9.17, 15) is 0 Å². The lowest BCUT2D eigenvalue weighted by Crippen LogP contribution is -2.50. The van der Waals surface area contributed by atoms with Gasteiger partial charge in [-0.1, -0.05) is 95.5 Å². The Morgan fingerprint density at radius 2 is 1.25 bits per heavy atom. The number of fused-ring (bicyclic) bond motifs is 1. The molecule has 7 heteroatoms. The molecule has 1 N–H and O–H groups in total. The van der Waals surface area contributed by atoms with Crippen LogP contribution in [0, 0.1) is 0 Å².